The average molecular weight is 356 g/mol. The second kappa shape index (κ2) is 6.54. The highest BCUT2D eigenvalue weighted by Gasteiger charge is 2.12. The number of nitrogens with two attached hydrogens (primary N) is 1. The first-order valence-electron chi connectivity index (χ1n) is 6.48. The van der Waals surface area contributed by atoms with E-state index in [4.69, 9.17) is 5.73 Å². The predicted molar refractivity (Wildman–Crippen MR) is 85.9 cm³/mol. The first kappa shape index (κ1) is 15.3. The quantitative estimate of drug-likeness (QED) is 0.834. The first-order chi connectivity index (χ1) is 9.51. The largest absolute Gasteiger partial charge is 0.399 e. The van der Waals surface area contributed by atoms with E-state index in [0.29, 0.717) is 17.5 Å². The number of aromatic nitrogens is 2. The van der Waals surface area contributed by atoms with Crippen LogP contribution in [0, 0.1) is 0 Å². The average Bonchev–Trinajstić information content (AvgIpc) is 2.86. The Morgan fingerprint density at radius 3 is 2.85 bits per heavy atom. The van der Waals surface area contributed by atoms with Gasteiger partial charge in [-0.25, -0.2) is 0 Å². The Kier molecular flexibility index (Phi) is 4.99. The Balaban J connectivity index is 2.13. The van der Waals surface area contributed by atoms with E-state index in [2.05, 4.69) is 34.9 Å². The Morgan fingerprint density at radius 2 is 2.20 bits per heavy atom. The zero-order valence-corrected chi connectivity index (χ0v) is 13.9. The van der Waals surface area contributed by atoms with E-state index < -0.39 is 10.8 Å². The Bertz CT molecular complexity index is 627. The van der Waals surface area contributed by atoms with Crippen molar-refractivity contribution in [2.24, 2.45) is 0 Å². The molecule has 6 heteroatoms. The molecule has 0 aliphatic heterocycles. The molecule has 2 atom stereocenters. The van der Waals surface area contributed by atoms with Crippen LogP contribution < -0.4 is 5.73 Å². The van der Waals surface area contributed by atoms with Crippen LogP contribution in [0.2, 0.25) is 0 Å². The zero-order chi connectivity index (χ0) is 14.7. The SMILES string of the molecule is CCC(C)n1ccc(CS(=O)c2ccc(N)cc2Br)n1. The minimum Gasteiger partial charge on any atom is -0.399 e. The van der Waals surface area contributed by atoms with Crippen LogP contribution >= 0.6 is 15.9 Å². The molecule has 0 radical (unpaired) electrons. The van der Waals surface area contributed by atoms with Gasteiger partial charge in [0.15, 0.2) is 0 Å². The molecule has 4 nitrogen and oxygen atoms in total. The number of hydrogen-bond acceptors (Lipinski definition) is 3. The number of rotatable bonds is 5. The highest BCUT2D eigenvalue weighted by molar-refractivity contribution is 9.10. The number of anilines is 1. The summed E-state index contributed by atoms with van der Waals surface area (Å²) in [6.07, 6.45) is 2.96. The van der Waals surface area contributed by atoms with Gasteiger partial charge in [0.1, 0.15) is 0 Å². The minimum atomic E-state index is -1.13. The Labute approximate surface area is 130 Å². The molecule has 0 fully saturated rings. The Morgan fingerprint density at radius 1 is 1.45 bits per heavy atom. The highest BCUT2D eigenvalue weighted by atomic mass is 79.9. The first-order valence-corrected chi connectivity index (χ1v) is 8.60. The molecule has 20 heavy (non-hydrogen) atoms. The third kappa shape index (κ3) is 3.49. The second-order valence-electron chi connectivity index (χ2n) is 4.72. The topological polar surface area (TPSA) is 60.9 Å². The van der Waals surface area contributed by atoms with Crippen LogP contribution in [0.1, 0.15) is 32.0 Å². The number of halogens is 1. The normalized spacial score (nSPS) is 14.2. The van der Waals surface area contributed by atoms with E-state index in [0.717, 1.165) is 21.5 Å². The lowest BCUT2D eigenvalue weighted by Gasteiger charge is -2.08. The van der Waals surface area contributed by atoms with Gasteiger partial charge in [-0.05, 0) is 53.5 Å². The molecular formula is C14H18BrN3OS. The van der Waals surface area contributed by atoms with Crippen molar-refractivity contribution in [2.75, 3.05) is 5.73 Å². The summed E-state index contributed by atoms with van der Waals surface area (Å²) in [4.78, 5) is 0.747. The lowest BCUT2D eigenvalue weighted by atomic mass is 10.3. The van der Waals surface area contributed by atoms with E-state index in [1.807, 2.05) is 16.9 Å². The van der Waals surface area contributed by atoms with Crippen LogP contribution in [0.15, 0.2) is 39.8 Å². The molecule has 0 aliphatic carbocycles. The maximum Gasteiger partial charge on any atom is 0.0753 e. The van der Waals surface area contributed by atoms with Crippen molar-refractivity contribution < 1.29 is 4.21 Å². The molecule has 2 unspecified atom stereocenters. The lowest BCUT2D eigenvalue weighted by molar-refractivity contribution is 0.475. The van der Waals surface area contributed by atoms with Gasteiger partial charge in [-0.1, -0.05) is 6.92 Å². The fourth-order valence-electron chi connectivity index (χ4n) is 1.80. The van der Waals surface area contributed by atoms with E-state index in [-0.39, 0.29) is 0 Å². The van der Waals surface area contributed by atoms with Gasteiger partial charge in [0.2, 0.25) is 0 Å². The maximum absolute atomic E-state index is 12.4. The van der Waals surface area contributed by atoms with Crippen molar-refractivity contribution in [1.29, 1.82) is 0 Å². The summed E-state index contributed by atoms with van der Waals surface area (Å²) in [6.45, 7) is 4.24. The summed E-state index contributed by atoms with van der Waals surface area (Å²) in [5.41, 5.74) is 7.18. The molecule has 1 aromatic carbocycles. The molecule has 0 spiro atoms. The molecule has 0 saturated carbocycles. The van der Waals surface area contributed by atoms with Crippen LogP contribution in [-0.4, -0.2) is 14.0 Å². The predicted octanol–water partition coefficient (Wildman–Crippen LogP) is 3.51. The molecule has 0 aliphatic rings. The zero-order valence-electron chi connectivity index (χ0n) is 11.5. The molecule has 108 valence electrons. The lowest BCUT2D eigenvalue weighted by Crippen LogP contribution is -2.06. The molecule has 2 aromatic rings. The standard InChI is InChI=1S/C14H18BrN3OS/c1-3-10(2)18-7-6-12(17-18)9-20(19)14-5-4-11(16)8-13(14)15/h4-8,10H,3,9,16H2,1-2H3. The smallest absolute Gasteiger partial charge is 0.0753 e. The van der Waals surface area contributed by atoms with E-state index >= 15 is 0 Å². The number of nitrogen functional groups attached to an aromatic ring is 1. The summed E-state index contributed by atoms with van der Waals surface area (Å²) in [5.74, 6) is 0.409. The van der Waals surface area contributed by atoms with Crippen molar-refractivity contribution in [1.82, 2.24) is 9.78 Å². The van der Waals surface area contributed by atoms with E-state index in [1.54, 1.807) is 18.2 Å². The number of nitrogens with zero attached hydrogens (tertiary/aromatic N) is 2. The van der Waals surface area contributed by atoms with Crippen LogP contribution in [-0.2, 0) is 16.6 Å². The van der Waals surface area contributed by atoms with Crippen molar-refractivity contribution in [3.05, 3.63) is 40.6 Å². The van der Waals surface area contributed by atoms with Gasteiger partial charge in [-0.3, -0.25) is 8.89 Å². The molecule has 0 bridgehead atoms. The number of hydrogen-bond donors (Lipinski definition) is 1. The summed E-state index contributed by atoms with van der Waals surface area (Å²) < 4.78 is 15.1. The van der Waals surface area contributed by atoms with Crippen molar-refractivity contribution in [2.45, 2.75) is 37.0 Å². The van der Waals surface area contributed by atoms with Gasteiger partial charge >= 0.3 is 0 Å². The van der Waals surface area contributed by atoms with Gasteiger partial charge < -0.3 is 5.73 Å². The molecule has 1 heterocycles. The van der Waals surface area contributed by atoms with Gasteiger partial charge in [-0.15, -0.1) is 0 Å². The molecule has 0 amide bonds. The van der Waals surface area contributed by atoms with Crippen molar-refractivity contribution in [3.8, 4) is 0 Å². The summed E-state index contributed by atoms with van der Waals surface area (Å²) >= 11 is 3.40. The third-order valence-electron chi connectivity index (χ3n) is 3.19. The van der Waals surface area contributed by atoms with Crippen molar-refractivity contribution in [3.63, 3.8) is 0 Å². The van der Waals surface area contributed by atoms with Crippen LogP contribution in [0.25, 0.3) is 0 Å². The van der Waals surface area contributed by atoms with Crippen LogP contribution in [0.5, 0.6) is 0 Å². The maximum atomic E-state index is 12.4. The minimum absolute atomic E-state index is 0.362. The number of benzene rings is 1. The summed E-state index contributed by atoms with van der Waals surface area (Å²) in [5, 5.41) is 4.48. The monoisotopic (exact) mass is 355 g/mol. The highest BCUT2D eigenvalue weighted by Crippen LogP contribution is 2.24. The van der Waals surface area contributed by atoms with Crippen LogP contribution in [0.4, 0.5) is 5.69 Å². The molecule has 1 aromatic heterocycles. The fraction of sp³-hybridized carbons (Fsp3) is 0.357. The van der Waals surface area contributed by atoms with Gasteiger partial charge in [-0.2, -0.15) is 5.10 Å². The van der Waals surface area contributed by atoms with E-state index in [9.17, 15) is 4.21 Å². The second-order valence-corrected chi connectivity index (χ2v) is 7.00. The van der Waals surface area contributed by atoms with E-state index in [1.165, 1.54) is 0 Å². The molecular weight excluding hydrogens is 338 g/mol. The van der Waals surface area contributed by atoms with Crippen molar-refractivity contribution >= 4 is 32.4 Å². The molecule has 0 saturated heterocycles. The fourth-order valence-corrected chi connectivity index (χ4v) is 3.81. The Hall–Kier alpha value is -1.14. The molecule has 2 rings (SSSR count). The van der Waals surface area contributed by atoms with Crippen LogP contribution in [0.3, 0.4) is 0 Å². The van der Waals surface area contributed by atoms with Gasteiger partial charge in [0.25, 0.3) is 0 Å². The summed E-state index contributed by atoms with van der Waals surface area (Å²) in [6, 6.07) is 7.61. The third-order valence-corrected chi connectivity index (χ3v) is 5.51. The van der Waals surface area contributed by atoms with Gasteiger partial charge in [0.05, 0.1) is 27.1 Å². The van der Waals surface area contributed by atoms with Gasteiger partial charge in [0, 0.05) is 22.4 Å². The molecule has 2 N–H and O–H groups in total. The summed E-state index contributed by atoms with van der Waals surface area (Å²) in [7, 11) is -1.13.